The Morgan fingerprint density at radius 2 is 2.26 bits per heavy atom. The third-order valence-corrected chi connectivity index (χ3v) is 5.06. The summed E-state index contributed by atoms with van der Waals surface area (Å²) in [5.74, 6) is 1.25. The number of nitrogens with zero attached hydrogens (tertiary/aromatic N) is 4. The Bertz CT molecular complexity index is 901. The van der Waals surface area contributed by atoms with Crippen LogP contribution in [0, 0.1) is 6.92 Å². The van der Waals surface area contributed by atoms with E-state index in [9.17, 15) is 4.79 Å². The first kappa shape index (κ1) is 17.3. The number of amides is 2. The van der Waals surface area contributed by atoms with Crippen molar-refractivity contribution in [2.45, 2.75) is 32.2 Å². The summed E-state index contributed by atoms with van der Waals surface area (Å²) >= 11 is 0. The number of nitrogens with one attached hydrogen (secondary N) is 2. The molecule has 2 aromatic heterocycles. The van der Waals surface area contributed by atoms with Crippen LogP contribution in [0.2, 0.25) is 0 Å². The van der Waals surface area contributed by atoms with Crippen molar-refractivity contribution < 1.29 is 4.79 Å². The van der Waals surface area contributed by atoms with Crippen molar-refractivity contribution in [3.8, 4) is 5.69 Å². The molecule has 1 fully saturated rings. The van der Waals surface area contributed by atoms with Gasteiger partial charge in [0.1, 0.15) is 5.82 Å². The second-order valence-electron chi connectivity index (χ2n) is 7.00. The van der Waals surface area contributed by atoms with E-state index in [1.165, 1.54) is 0 Å². The third kappa shape index (κ3) is 3.86. The molecule has 7 heteroatoms. The molecule has 27 heavy (non-hydrogen) atoms. The SMILES string of the molecule is Cc1ccccc1-n1cc(CNC(=O)N2CCC[C@@H](c3ncc[nH]3)C2)cn1. The number of aryl methyl sites for hydroxylation is 1. The van der Waals surface area contributed by atoms with E-state index in [1.54, 1.807) is 12.4 Å². The minimum atomic E-state index is -0.0325. The van der Waals surface area contributed by atoms with Crippen LogP contribution in [0.1, 0.15) is 35.7 Å². The first-order chi connectivity index (χ1) is 13.2. The van der Waals surface area contributed by atoms with E-state index in [0.717, 1.165) is 42.0 Å². The summed E-state index contributed by atoms with van der Waals surface area (Å²) in [7, 11) is 0. The predicted octanol–water partition coefficient (Wildman–Crippen LogP) is 2.99. The van der Waals surface area contributed by atoms with Crippen molar-refractivity contribution in [2.24, 2.45) is 0 Å². The number of carbonyl (C=O) groups is 1. The standard InChI is InChI=1S/C20H24N6O/c1-15-5-2-3-7-18(15)26-13-16(12-24-26)11-23-20(27)25-10-4-6-17(14-25)19-21-8-9-22-19/h2-3,5,7-9,12-13,17H,4,6,10-11,14H2,1H3,(H,21,22)(H,23,27)/t17-/m1/s1. The summed E-state index contributed by atoms with van der Waals surface area (Å²) in [6.45, 7) is 4.00. The van der Waals surface area contributed by atoms with Gasteiger partial charge in [0.2, 0.25) is 0 Å². The maximum atomic E-state index is 12.6. The van der Waals surface area contributed by atoms with Gasteiger partial charge in [-0.2, -0.15) is 5.10 Å². The second kappa shape index (κ2) is 7.65. The minimum Gasteiger partial charge on any atom is -0.348 e. The largest absolute Gasteiger partial charge is 0.348 e. The van der Waals surface area contributed by atoms with Gasteiger partial charge in [-0.05, 0) is 31.4 Å². The molecule has 0 bridgehead atoms. The zero-order valence-corrected chi connectivity index (χ0v) is 15.4. The molecule has 2 N–H and O–H groups in total. The van der Waals surface area contributed by atoms with Crippen molar-refractivity contribution in [2.75, 3.05) is 13.1 Å². The Hall–Kier alpha value is -3.09. The van der Waals surface area contributed by atoms with Crippen molar-refractivity contribution >= 4 is 6.03 Å². The molecule has 0 saturated carbocycles. The Morgan fingerprint density at radius 3 is 3.07 bits per heavy atom. The van der Waals surface area contributed by atoms with Crippen LogP contribution in [0.15, 0.2) is 49.1 Å². The monoisotopic (exact) mass is 364 g/mol. The fourth-order valence-corrected chi connectivity index (χ4v) is 3.58. The third-order valence-electron chi connectivity index (χ3n) is 5.06. The van der Waals surface area contributed by atoms with Crippen LogP contribution in [0.3, 0.4) is 0 Å². The highest BCUT2D eigenvalue weighted by atomic mass is 16.2. The summed E-state index contributed by atoms with van der Waals surface area (Å²) in [5.41, 5.74) is 3.19. The summed E-state index contributed by atoms with van der Waals surface area (Å²) in [6, 6.07) is 8.07. The maximum absolute atomic E-state index is 12.6. The van der Waals surface area contributed by atoms with Crippen molar-refractivity contribution in [3.63, 3.8) is 0 Å². The van der Waals surface area contributed by atoms with Crippen LogP contribution >= 0.6 is 0 Å². The highest BCUT2D eigenvalue weighted by Crippen LogP contribution is 2.24. The molecule has 0 aliphatic carbocycles. The molecule has 3 heterocycles. The van der Waals surface area contributed by atoms with Gasteiger partial charge in [-0.25, -0.2) is 14.5 Å². The maximum Gasteiger partial charge on any atom is 0.317 e. The Labute approximate surface area is 158 Å². The van der Waals surface area contributed by atoms with E-state index >= 15 is 0 Å². The number of piperidine rings is 1. The number of H-pyrrole nitrogens is 1. The number of benzene rings is 1. The fraction of sp³-hybridized carbons (Fsp3) is 0.350. The average molecular weight is 364 g/mol. The molecule has 3 aromatic rings. The van der Waals surface area contributed by atoms with E-state index in [-0.39, 0.29) is 11.9 Å². The Morgan fingerprint density at radius 1 is 1.37 bits per heavy atom. The van der Waals surface area contributed by atoms with Crippen LogP contribution in [0.4, 0.5) is 4.79 Å². The number of hydrogen-bond donors (Lipinski definition) is 2. The zero-order chi connectivity index (χ0) is 18.6. The molecule has 1 aliphatic heterocycles. The zero-order valence-electron chi connectivity index (χ0n) is 15.4. The average Bonchev–Trinajstić information content (AvgIpc) is 3.39. The molecular formula is C20H24N6O. The van der Waals surface area contributed by atoms with Gasteiger partial charge in [0.15, 0.2) is 0 Å². The molecule has 140 valence electrons. The Balaban J connectivity index is 1.35. The summed E-state index contributed by atoms with van der Waals surface area (Å²) in [5, 5.41) is 7.44. The molecule has 1 aromatic carbocycles. The molecule has 4 rings (SSSR count). The number of para-hydroxylation sites is 1. The van der Waals surface area contributed by atoms with Crippen LogP contribution in [0.5, 0.6) is 0 Å². The molecule has 1 saturated heterocycles. The van der Waals surface area contributed by atoms with Gasteiger partial charge in [0, 0.05) is 49.7 Å². The van der Waals surface area contributed by atoms with Gasteiger partial charge in [-0.1, -0.05) is 18.2 Å². The van der Waals surface area contributed by atoms with Gasteiger partial charge >= 0.3 is 6.03 Å². The normalized spacial score (nSPS) is 17.1. The van der Waals surface area contributed by atoms with Crippen LogP contribution < -0.4 is 5.32 Å². The molecule has 0 unspecified atom stereocenters. The van der Waals surface area contributed by atoms with Crippen LogP contribution in [-0.4, -0.2) is 43.8 Å². The second-order valence-corrected chi connectivity index (χ2v) is 7.00. The van der Waals surface area contributed by atoms with Gasteiger partial charge < -0.3 is 15.2 Å². The van der Waals surface area contributed by atoms with E-state index < -0.39 is 0 Å². The molecule has 0 spiro atoms. The van der Waals surface area contributed by atoms with Crippen molar-refractivity contribution in [3.05, 3.63) is 66.0 Å². The van der Waals surface area contributed by atoms with Gasteiger partial charge in [-0.3, -0.25) is 0 Å². The highest BCUT2D eigenvalue weighted by Gasteiger charge is 2.26. The molecule has 1 aliphatic rings. The smallest absolute Gasteiger partial charge is 0.317 e. The number of hydrogen-bond acceptors (Lipinski definition) is 3. The molecule has 0 radical (unpaired) electrons. The van der Waals surface area contributed by atoms with Gasteiger partial charge in [0.25, 0.3) is 0 Å². The lowest BCUT2D eigenvalue weighted by Gasteiger charge is -2.31. The van der Waals surface area contributed by atoms with E-state index in [0.29, 0.717) is 13.1 Å². The number of imidazole rings is 1. The number of likely N-dealkylation sites (tertiary alicyclic amines) is 1. The number of urea groups is 1. The van der Waals surface area contributed by atoms with Crippen LogP contribution in [-0.2, 0) is 6.54 Å². The molecular weight excluding hydrogens is 340 g/mol. The quantitative estimate of drug-likeness (QED) is 0.747. The van der Waals surface area contributed by atoms with Gasteiger partial charge in [0.05, 0.1) is 11.9 Å². The van der Waals surface area contributed by atoms with Gasteiger partial charge in [-0.15, -0.1) is 0 Å². The van der Waals surface area contributed by atoms with Crippen molar-refractivity contribution in [1.82, 2.24) is 30.0 Å². The number of aromatic amines is 1. The number of rotatable bonds is 4. The van der Waals surface area contributed by atoms with E-state index in [2.05, 4.69) is 33.4 Å². The summed E-state index contributed by atoms with van der Waals surface area (Å²) in [6.07, 6.45) is 9.41. The first-order valence-electron chi connectivity index (χ1n) is 9.32. The lowest BCUT2D eigenvalue weighted by Crippen LogP contribution is -2.44. The molecule has 1 atom stereocenters. The topological polar surface area (TPSA) is 78.8 Å². The van der Waals surface area contributed by atoms with Crippen molar-refractivity contribution in [1.29, 1.82) is 0 Å². The Kier molecular flexibility index (Phi) is 4.91. The number of aromatic nitrogens is 4. The first-order valence-corrected chi connectivity index (χ1v) is 9.32. The minimum absolute atomic E-state index is 0.0325. The fourth-order valence-electron chi connectivity index (χ4n) is 3.58. The number of carbonyl (C=O) groups excluding carboxylic acids is 1. The molecule has 2 amide bonds. The summed E-state index contributed by atoms with van der Waals surface area (Å²) < 4.78 is 1.85. The molecule has 7 nitrogen and oxygen atoms in total. The lowest BCUT2D eigenvalue weighted by atomic mass is 9.98. The summed E-state index contributed by atoms with van der Waals surface area (Å²) in [4.78, 5) is 22.0. The van der Waals surface area contributed by atoms with E-state index in [1.807, 2.05) is 40.2 Å². The lowest BCUT2D eigenvalue weighted by molar-refractivity contribution is 0.178. The van der Waals surface area contributed by atoms with E-state index in [4.69, 9.17) is 0 Å². The highest BCUT2D eigenvalue weighted by molar-refractivity contribution is 5.74. The van der Waals surface area contributed by atoms with Crippen LogP contribution in [0.25, 0.3) is 5.69 Å². The predicted molar refractivity (Wildman–Crippen MR) is 103 cm³/mol.